The quantitative estimate of drug-likeness (QED) is 0.187. The Labute approximate surface area is 207 Å². The number of allylic oxidation sites excluding steroid dienone is 1. The van der Waals surface area contributed by atoms with Crippen LogP contribution in [0.15, 0.2) is 93.2 Å². The van der Waals surface area contributed by atoms with Gasteiger partial charge in [-0.25, -0.2) is 5.43 Å². The number of hydrazone groups is 1. The maximum Gasteiger partial charge on any atom is 0.250 e. The molecule has 4 aromatic rings. The van der Waals surface area contributed by atoms with Crippen molar-refractivity contribution in [3.63, 3.8) is 0 Å². The van der Waals surface area contributed by atoms with Crippen molar-refractivity contribution in [1.82, 2.24) is 20.2 Å². The third-order valence-electron chi connectivity index (χ3n) is 4.77. The fourth-order valence-corrected chi connectivity index (χ4v) is 3.98. The molecule has 2 aromatic heterocycles. The van der Waals surface area contributed by atoms with Gasteiger partial charge in [-0.05, 0) is 61.9 Å². The van der Waals surface area contributed by atoms with Crippen LogP contribution in [0, 0.1) is 0 Å². The number of carbonyl (C=O) groups is 1. The van der Waals surface area contributed by atoms with Crippen molar-refractivity contribution in [2.75, 3.05) is 12.4 Å². The molecule has 2 aromatic carbocycles. The Bertz CT molecular complexity index is 1300. The van der Waals surface area contributed by atoms with Crippen molar-refractivity contribution in [3.8, 4) is 22.8 Å². The summed E-state index contributed by atoms with van der Waals surface area (Å²) in [5.74, 6) is 2.07. The molecule has 4 rings (SSSR count). The van der Waals surface area contributed by atoms with E-state index in [1.807, 2.05) is 91.2 Å². The van der Waals surface area contributed by atoms with Crippen LogP contribution in [-0.4, -0.2) is 39.2 Å². The maximum atomic E-state index is 12.4. The van der Waals surface area contributed by atoms with Crippen LogP contribution in [0.3, 0.4) is 0 Å². The molecule has 0 atom stereocenters. The number of ether oxygens (including phenoxy) is 1. The highest BCUT2D eigenvalue weighted by molar-refractivity contribution is 7.99. The lowest BCUT2D eigenvalue weighted by molar-refractivity contribution is -0.118. The molecule has 1 amide bonds. The fourth-order valence-electron chi connectivity index (χ4n) is 3.23. The first-order valence-electron chi connectivity index (χ1n) is 11.0. The lowest BCUT2D eigenvalue weighted by Gasteiger charge is -2.11. The van der Waals surface area contributed by atoms with Crippen LogP contribution in [0.1, 0.15) is 19.6 Å². The smallest absolute Gasteiger partial charge is 0.250 e. The number of benzene rings is 2. The Morgan fingerprint density at radius 1 is 1.11 bits per heavy atom. The first kappa shape index (κ1) is 24.0. The Morgan fingerprint density at radius 3 is 2.63 bits per heavy atom. The highest BCUT2D eigenvalue weighted by atomic mass is 32.2. The first-order valence-corrected chi connectivity index (χ1v) is 12.0. The van der Waals surface area contributed by atoms with E-state index in [4.69, 9.17) is 9.15 Å². The average molecular weight is 488 g/mol. The summed E-state index contributed by atoms with van der Waals surface area (Å²) in [7, 11) is 0. The number of carbonyl (C=O) groups excluding carboxylic acids is 1. The van der Waals surface area contributed by atoms with Crippen LogP contribution >= 0.6 is 11.8 Å². The van der Waals surface area contributed by atoms with Crippen molar-refractivity contribution >= 4 is 30.0 Å². The summed E-state index contributed by atoms with van der Waals surface area (Å²) < 4.78 is 12.8. The molecule has 0 aliphatic heterocycles. The van der Waals surface area contributed by atoms with Crippen LogP contribution < -0.4 is 10.2 Å². The SMILES string of the molecule is CCOc1ccc(-n2c(SCC(=O)NN=CC(C)=Cc3ccco3)nnc2-c2ccccc2)cc1. The van der Waals surface area contributed by atoms with Gasteiger partial charge in [0, 0.05) is 11.3 Å². The van der Waals surface area contributed by atoms with Gasteiger partial charge in [-0.15, -0.1) is 10.2 Å². The van der Waals surface area contributed by atoms with E-state index in [0.29, 0.717) is 17.6 Å². The standard InChI is InChI=1S/C26H25N5O3S/c1-3-33-22-13-11-21(12-14-22)31-25(20-8-5-4-6-9-20)29-30-26(31)35-18-24(32)28-27-17-19(2)16-23-10-7-15-34-23/h4-17H,3,18H2,1-2H3,(H,28,32). The molecule has 9 heteroatoms. The molecule has 0 saturated carbocycles. The highest BCUT2D eigenvalue weighted by Gasteiger charge is 2.17. The topological polar surface area (TPSA) is 94.5 Å². The van der Waals surface area contributed by atoms with E-state index in [2.05, 4.69) is 20.7 Å². The van der Waals surface area contributed by atoms with Gasteiger partial charge < -0.3 is 9.15 Å². The van der Waals surface area contributed by atoms with Gasteiger partial charge in [-0.1, -0.05) is 42.1 Å². The molecule has 1 N–H and O–H groups in total. The van der Waals surface area contributed by atoms with E-state index in [0.717, 1.165) is 28.3 Å². The summed E-state index contributed by atoms with van der Waals surface area (Å²) in [5, 5.41) is 13.4. The summed E-state index contributed by atoms with van der Waals surface area (Å²) in [6.07, 6.45) is 5.00. The second-order valence-corrected chi connectivity index (χ2v) is 8.36. The van der Waals surface area contributed by atoms with Crippen LogP contribution in [0.5, 0.6) is 5.75 Å². The number of thioether (sulfide) groups is 1. The second kappa shape index (κ2) is 11.8. The summed E-state index contributed by atoms with van der Waals surface area (Å²) in [6, 6.07) is 21.2. The van der Waals surface area contributed by atoms with Gasteiger partial charge in [-0.2, -0.15) is 5.10 Å². The lowest BCUT2D eigenvalue weighted by Crippen LogP contribution is -2.20. The van der Waals surface area contributed by atoms with E-state index in [1.165, 1.54) is 11.8 Å². The molecule has 0 fully saturated rings. The van der Waals surface area contributed by atoms with Crippen molar-refractivity contribution in [1.29, 1.82) is 0 Å². The number of hydrogen-bond donors (Lipinski definition) is 1. The molecule has 0 unspecified atom stereocenters. The normalized spacial score (nSPS) is 11.7. The molecule has 2 heterocycles. The van der Waals surface area contributed by atoms with Gasteiger partial charge in [0.15, 0.2) is 11.0 Å². The minimum absolute atomic E-state index is 0.127. The Balaban J connectivity index is 1.47. The van der Waals surface area contributed by atoms with Crippen LogP contribution in [-0.2, 0) is 4.79 Å². The van der Waals surface area contributed by atoms with E-state index in [1.54, 1.807) is 12.5 Å². The number of amides is 1. The van der Waals surface area contributed by atoms with E-state index in [9.17, 15) is 4.79 Å². The van der Waals surface area contributed by atoms with Gasteiger partial charge in [0.05, 0.1) is 24.8 Å². The zero-order chi connectivity index (χ0) is 24.5. The number of nitrogens with zero attached hydrogens (tertiary/aromatic N) is 4. The van der Waals surface area contributed by atoms with Gasteiger partial charge in [-0.3, -0.25) is 9.36 Å². The van der Waals surface area contributed by atoms with Gasteiger partial charge in [0.2, 0.25) is 0 Å². The summed E-state index contributed by atoms with van der Waals surface area (Å²) >= 11 is 1.29. The van der Waals surface area contributed by atoms with Crippen LogP contribution in [0.25, 0.3) is 23.2 Å². The summed E-state index contributed by atoms with van der Waals surface area (Å²) in [6.45, 7) is 4.41. The Kier molecular flexibility index (Phi) is 8.13. The molecule has 0 bridgehead atoms. The Morgan fingerprint density at radius 2 is 1.91 bits per heavy atom. The molecule has 35 heavy (non-hydrogen) atoms. The van der Waals surface area contributed by atoms with Gasteiger partial charge in [0.25, 0.3) is 5.91 Å². The van der Waals surface area contributed by atoms with Crippen molar-refractivity contribution in [2.24, 2.45) is 5.10 Å². The Hall–Kier alpha value is -4.11. The monoisotopic (exact) mass is 487 g/mol. The largest absolute Gasteiger partial charge is 0.494 e. The van der Waals surface area contributed by atoms with Crippen LogP contribution in [0.2, 0.25) is 0 Å². The molecule has 0 saturated heterocycles. The van der Waals surface area contributed by atoms with E-state index >= 15 is 0 Å². The maximum absolute atomic E-state index is 12.4. The van der Waals surface area contributed by atoms with E-state index < -0.39 is 0 Å². The van der Waals surface area contributed by atoms with Gasteiger partial charge in [0.1, 0.15) is 11.5 Å². The zero-order valence-corrected chi connectivity index (χ0v) is 20.2. The lowest BCUT2D eigenvalue weighted by atomic mass is 10.2. The number of rotatable bonds is 10. The number of furan rings is 1. The second-order valence-electron chi connectivity index (χ2n) is 7.42. The zero-order valence-electron chi connectivity index (χ0n) is 19.4. The number of hydrogen-bond acceptors (Lipinski definition) is 7. The minimum Gasteiger partial charge on any atom is -0.494 e. The summed E-state index contributed by atoms with van der Waals surface area (Å²) in [5.41, 5.74) is 5.19. The molecule has 0 aliphatic carbocycles. The number of aromatic nitrogens is 3. The fraction of sp³-hybridized carbons (Fsp3) is 0.154. The third-order valence-corrected chi connectivity index (χ3v) is 5.70. The predicted octanol–water partition coefficient (Wildman–Crippen LogP) is 5.22. The molecule has 0 radical (unpaired) electrons. The third kappa shape index (κ3) is 6.48. The minimum atomic E-state index is -0.250. The molecular formula is C26H25N5O3S. The molecule has 178 valence electrons. The molecule has 0 aliphatic rings. The number of nitrogens with one attached hydrogen (secondary N) is 1. The predicted molar refractivity (Wildman–Crippen MR) is 138 cm³/mol. The van der Waals surface area contributed by atoms with Crippen molar-refractivity contribution in [3.05, 3.63) is 84.3 Å². The van der Waals surface area contributed by atoms with Crippen LogP contribution in [0.4, 0.5) is 0 Å². The van der Waals surface area contributed by atoms with Crippen molar-refractivity contribution < 1.29 is 13.9 Å². The average Bonchev–Trinajstić information content (AvgIpc) is 3.54. The van der Waals surface area contributed by atoms with Gasteiger partial charge >= 0.3 is 0 Å². The molecular weight excluding hydrogens is 462 g/mol. The van der Waals surface area contributed by atoms with E-state index in [-0.39, 0.29) is 11.7 Å². The van der Waals surface area contributed by atoms with Crippen molar-refractivity contribution in [2.45, 2.75) is 19.0 Å². The molecule has 0 spiro atoms. The highest BCUT2D eigenvalue weighted by Crippen LogP contribution is 2.28. The first-order chi connectivity index (χ1) is 17.1. The molecule has 8 nitrogen and oxygen atoms in total. The summed E-state index contributed by atoms with van der Waals surface area (Å²) in [4.78, 5) is 12.4.